The van der Waals surface area contributed by atoms with Gasteiger partial charge in [0.25, 0.3) is 0 Å². The number of hydrogen-bond acceptors (Lipinski definition) is 4. The smallest absolute Gasteiger partial charge is 0.240 e. The third-order valence-electron chi connectivity index (χ3n) is 1.42. The quantitative estimate of drug-likeness (QED) is 0.355. The summed E-state index contributed by atoms with van der Waals surface area (Å²) in [5.74, 6) is 0. The van der Waals surface area contributed by atoms with Crippen LogP contribution in [0.2, 0.25) is 0 Å². The average molecular weight is 176 g/mol. The van der Waals surface area contributed by atoms with Gasteiger partial charge in [-0.3, -0.25) is 0 Å². The fraction of sp³-hybridized carbons (Fsp3) is 0.800. The number of alkyl halides is 1. The molecule has 0 aromatic carbocycles. The first-order valence-corrected chi connectivity index (χ1v) is 3.54. The Morgan fingerprint density at radius 2 is 2.50 bits per heavy atom. The predicted octanol–water partition coefficient (Wildman–Crippen LogP) is 0.402. The van der Waals surface area contributed by atoms with E-state index in [1.54, 1.807) is 0 Å². The Labute approximate surface area is 68.4 Å². The molecular weight excluding hydrogens is 167 g/mol. The Kier molecular flexibility index (Phi) is 2.41. The maximum Gasteiger partial charge on any atom is 0.323 e. The van der Waals surface area contributed by atoms with Crippen LogP contribution < -0.4 is 0 Å². The summed E-state index contributed by atoms with van der Waals surface area (Å²) < 4.78 is 13.0. The number of rotatable bonds is 3. The van der Waals surface area contributed by atoms with Gasteiger partial charge >= 0.3 is 6.42 Å². The van der Waals surface area contributed by atoms with Crippen molar-refractivity contribution in [3.05, 3.63) is 10.1 Å². The molecule has 7 heteroatoms. The van der Waals surface area contributed by atoms with Crippen molar-refractivity contribution in [3.63, 3.8) is 0 Å². The number of hydrazone groups is 1. The summed E-state index contributed by atoms with van der Waals surface area (Å²) in [4.78, 5) is 10.1. The molecule has 0 saturated carbocycles. The second-order valence-corrected chi connectivity index (χ2v) is 2.32. The first-order chi connectivity index (χ1) is 5.66. The molecular formula is C5H9FN4O2. The Hall–Kier alpha value is -1.40. The minimum atomic E-state index is -1.76. The highest BCUT2D eigenvalue weighted by atomic mass is 19.1. The first kappa shape index (κ1) is 8.69. The summed E-state index contributed by atoms with van der Waals surface area (Å²) in [5, 5.41) is 14.2. The Morgan fingerprint density at radius 1 is 1.83 bits per heavy atom. The van der Waals surface area contributed by atoms with Crippen molar-refractivity contribution in [3.8, 4) is 0 Å². The molecule has 1 rings (SSSR count). The molecule has 1 heterocycles. The molecule has 0 spiro atoms. The maximum absolute atomic E-state index is 13.0. The second-order valence-electron chi connectivity index (χ2n) is 2.32. The van der Waals surface area contributed by atoms with E-state index in [4.69, 9.17) is 0 Å². The molecule has 12 heavy (non-hydrogen) atoms. The van der Waals surface area contributed by atoms with Crippen molar-refractivity contribution in [1.29, 1.82) is 0 Å². The van der Waals surface area contributed by atoms with Crippen molar-refractivity contribution in [2.75, 3.05) is 6.54 Å². The highest BCUT2D eigenvalue weighted by Crippen LogP contribution is 2.13. The van der Waals surface area contributed by atoms with Crippen LogP contribution in [0.15, 0.2) is 5.10 Å². The molecule has 0 amide bonds. The van der Waals surface area contributed by atoms with Gasteiger partial charge < -0.3 is 0 Å². The van der Waals surface area contributed by atoms with Crippen LogP contribution in [-0.2, 0) is 0 Å². The van der Waals surface area contributed by atoms with Gasteiger partial charge in [0.1, 0.15) is 0 Å². The molecule has 0 N–H and O–H groups in total. The van der Waals surface area contributed by atoms with Gasteiger partial charge in [-0.15, -0.1) is 0 Å². The second kappa shape index (κ2) is 3.33. The fourth-order valence-corrected chi connectivity index (χ4v) is 0.879. The van der Waals surface area contributed by atoms with Gasteiger partial charge in [0.15, 0.2) is 11.4 Å². The molecule has 0 aliphatic carbocycles. The first-order valence-electron chi connectivity index (χ1n) is 3.54. The predicted molar refractivity (Wildman–Crippen MR) is 39.2 cm³/mol. The van der Waals surface area contributed by atoms with Crippen LogP contribution in [0.1, 0.15) is 13.3 Å². The number of hydrogen-bond donors (Lipinski definition) is 0. The van der Waals surface area contributed by atoms with Crippen LogP contribution in [0, 0.1) is 10.1 Å². The lowest BCUT2D eigenvalue weighted by atomic mass is 10.5. The topological polar surface area (TPSA) is 62.0 Å². The maximum atomic E-state index is 13.0. The summed E-state index contributed by atoms with van der Waals surface area (Å²) in [6.45, 7) is 2.22. The van der Waals surface area contributed by atoms with E-state index >= 15 is 0 Å². The van der Waals surface area contributed by atoms with Crippen LogP contribution in [0.25, 0.3) is 0 Å². The summed E-state index contributed by atoms with van der Waals surface area (Å²) in [5.41, 5.74) is 0. The zero-order valence-electron chi connectivity index (χ0n) is 6.55. The Morgan fingerprint density at radius 3 is 2.92 bits per heavy atom. The number of hydrazine groups is 1. The molecule has 1 unspecified atom stereocenters. The van der Waals surface area contributed by atoms with Crippen molar-refractivity contribution in [2.45, 2.75) is 19.8 Å². The van der Waals surface area contributed by atoms with E-state index in [9.17, 15) is 14.5 Å². The highest BCUT2D eigenvalue weighted by Gasteiger charge is 2.34. The number of nitrogens with zero attached hydrogens (tertiary/aromatic N) is 4. The molecule has 1 aliphatic heterocycles. The molecule has 6 nitrogen and oxygen atoms in total. The third kappa shape index (κ3) is 1.44. The summed E-state index contributed by atoms with van der Waals surface area (Å²) in [7, 11) is 0. The van der Waals surface area contributed by atoms with Crippen LogP contribution in [-0.4, -0.2) is 34.4 Å². The van der Waals surface area contributed by atoms with E-state index in [0.29, 0.717) is 18.0 Å². The van der Waals surface area contributed by atoms with E-state index in [0.717, 1.165) is 11.3 Å². The van der Waals surface area contributed by atoms with Gasteiger partial charge in [0.05, 0.1) is 0 Å². The van der Waals surface area contributed by atoms with E-state index < -0.39 is 11.5 Å². The van der Waals surface area contributed by atoms with E-state index in [1.807, 2.05) is 6.92 Å². The molecule has 1 aliphatic rings. The lowest BCUT2D eigenvalue weighted by Gasteiger charge is -2.16. The van der Waals surface area contributed by atoms with Crippen LogP contribution in [0.4, 0.5) is 4.39 Å². The molecule has 1 atom stereocenters. The minimum Gasteiger partial charge on any atom is -0.240 e. The van der Waals surface area contributed by atoms with Crippen LogP contribution >= 0.6 is 0 Å². The number of halogens is 1. The van der Waals surface area contributed by atoms with Gasteiger partial charge in [-0.1, -0.05) is 6.92 Å². The lowest BCUT2D eigenvalue weighted by molar-refractivity contribution is -0.645. The zero-order chi connectivity index (χ0) is 9.14. The molecule has 0 aromatic rings. The Bertz CT molecular complexity index is 210. The molecule has 0 aromatic heterocycles. The van der Waals surface area contributed by atoms with Gasteiger partial charge in [-0.05, 0) is 11.4 Å². The Balaban J connectivity index is 2.55. The van der Waals surface area contributed by atoms with E-state index in [1.165, 1.54) is 0 Å². The molecule has 0 saturated heterocycles. The molecule has 68 valence electrons. The fourth-order valence-electron chi connectivity index (χ4n) is 0.879. The van der Waals surface area contributed by atoms with E-state index in [-0.39, 0.29) is 0 Å². The normalized spacial score (nSPS) is 22.0. The average Bonchev–Trinajstić information content (AvgIpc) is 2.34. The third-order valence-corrected chi connectivity index (χ3v) is 1.42. The van der Waals surface area contributed by atoms with Crippen LogP contribution in [0.5, 0.6) is 0 Å². The van der Waals surface area contributed by atoms with Gasteiger partial charge in [-0.25, -0.2) is 15.1 Å². The lowest BCUT2D eigenvalue weighted by Crippen LogP contribution is -2.39. The van der Waals surface area contributed by atoms with Gasteiger partial charge in [-0.2, -0.15) is 9.49 Å². The summed E-state index contributed by atoms with van der Waals surface area (Å²) in [6.07, 6.45) is -0.191. The SMILES string of the molecule is CCCN1N=CN([N+](=O)[O-])C1F. The summed E-state index contributed by atoms with van der Waals surface area (Å²) in [6, 6.07) is 0. The van der Waals surface area contributed by atoms with Crippen molar-refractivity contribution in [2.24, 2.45) is 5.10 Å². The minimum absolute atomic E-state index is 0.329. The summed E-state index contributed by atoms with van der Waals surface area (Å²) >= 11 is 0. The zero-order valence-corrected chi connectivity index (χ0v) is 6.55. The number of nitro groups is 1. The van der Waals surface area contributed by atoms with Gasteiger partial charge in [0.2, 0.25) is 0 Å². The van der Waals surface area contributed by atoms with Crippen LogP contribution in [0.3, 0.4) is 0 Å². The molecule has 0 bridgehead atoms. The van der Waals surface area contributed by atoms with Crippen molar-refractivity contribution >= 4 is 6.34 Å². The standard InChI is InChI=1S/C5H9FN4O2/c1-2-3-8-5(6)9(4-7-8)10(11)12/h4-5H,2-3H2,1H3. The largest absolute Gasteiger partial charge is 0.323 e. The molecule has 0 radical (unpaired) electrons. The monoisotopic (exact) mass is 176 g/mol. The van der Waals surface area contributed by atoms with Crippen molar-refractivity contribution < 1.29 is 9.42 Å². The van der Waals surface area contributed by atoms with Gasteiger partial charge in [0, 0.05) is 6.54 Å². The van der Waals surface area contributed by atoms with E-state index in [2.05, 4.69) is 5.10 Å². The van der Waals surface area contributed by atoms with Crippen molar-refractivity contribution in [1.82, 2.24) is 10.0 Å². The molecule has 0 fully saturated rings. The highest BCUT2D eigenvalue weighted by molar-refractivity contribution is 5.54.